The Bertz CT molecular complexity index is 1270. The monoisotopic (exact) mass is 568 g/mol. The van der Waals surface area contributed by atoms with Crippen molar-refractivity contribution in [3.8, 4) is 11.5 Å². The second-order valence-electron chi connectivity index (χ2n) is 10.4. The Morgan fingerprint density at radius 2 is 1.65 bits per heavy atom. The van der Waals surface area contributed by atoms with Gasteiger partial charge in [0.1, 0.15) is 6.10 Å². The number of hydrazine groups is 1. The number of carbonyl (C=O) groups excluding carboxylic acids is 3. The maximum atomic E-state index is 13.7. The van der Waals surface area contributed by atoms with Gasteiger partial charge in [-0.25, -0.2) is 9.80 Å². The molecule has 10 nitrogen and oxygen atoms in total. The third-order valence-electron chi connectivity index (χ3n) is 8.08. The van der Waals surface area contributed by atoms with Crippen molar-refractivity contribution in [2.24, 2.45) is 0 Å². The molecule has 11 heteroatoms. The minimum absolute atomic E-state index is 0.00915. The molecular weight excluding hydrogens is 532 g/mol. The summed E-state index contributed by atoms with van der Waals surface area (Å²) >= 11 is 1.14. The van der Waals surface area contributed by atoms with Gasteiger partial charge in [0.15, 0.2) is 11.5 Å². The Morgan fingerprint density at radius 3 is 2.38 bits per heavy atom. The highest BCUT2D eigenvalue weighted by atomic mass is 32.2. The number of amides is 3. The summed E-state index contributed by atoms with van der Waals surface area (Å²) in [5.41, 5.74) is 2.34. The summed E-state index contributed by atoms with van der Waals surface area (Å²) in [4.78, 5) is 43.7. The quantitative estimate of drug-likeness (QED) is 0.519. The van der Waals surface area contributed by atoms with Crippen LogP contribution in [0.2, 0.25) is 0 Å². The number of anilines is 1. The van der Waals surface area contributed by atoms with Crippen molar-refractivity contribution in [1.29, 1.82) is 0 Å². The summed E-state index contributed by atoms with van der Waals surface area (Å²) in [6.07, 6.45) is 1.38. The first-order valence-corrected chi connectivity index (χ1v) is 14.5. The number of ether oxygens (including phenoxy) is 3. The van der Waals surface area contributed by atoms with Crippen molar-refractivity contribution in [3.63, 3.8) is 0 Å². The summed E-state index contributed by atoms with van der Waals surface area (Å²) in [5, 5.41) is 2.57. The first-order valence-electron chi connectivity index (χ1n) is 13.5. The van der Waals surface area contributed by atoms with E-state index in [1.807, 2.05) is 31.3 Å². The predicted octanol–water partition coefficient (Wildman–Crippen LogP) is 4.45. The van der Waals surface area contributed by atoms with E-state index in [-0.39, 0.29) is 29.2 Å². The molecule has 3 heterocycles. The van der Waals surface area contributed by atoms with Crippen molar-refractivity contribution in [3.05, 3.63) is 53.6 Å². The number of imide groups is 1. The summed E-state index contributed by atoms with van der Waals surface area (Å²) in [7, 11) is 6.93. The molecule has 40 heavy (non-hydrogen) atoms. The average molecular weight is 569 g/mol. The number of likely N-dealkylation sites (N-methyl/N-ethyl adjacent to an activating group) is 1. The fraction of sp³-hybridized carbons (Fsp3) is 0.483. The van der Waals surface area contributed by atoms with Crippen LogP contribution in [0, 0.1) is 0 Å². The minimum atomic E-state index is -0.617. The molecule has 0 aromatic heterocycles. The minimum Gasteiger partial charge on any atom is -0.493 e. The van der Waals surface area contributed by atoms with Gasteiger partial charge in [0.2, 0.25) is 0 Å². The van der Waals surface area contributed by atoms with E-state index in [9.17, 15) is 14.4 Å². The van der Waals surface area contributed by atoms with Gasteiger partial charge in [-0.05, 0) is 56.1 Å². The molecule has 3 amide bonds. The van der Waals surface area contributed by atoms with Crippen molar-refractivity contribution in [2.45, 2.75) is 37.3 Å². The van der Waals surface area contributed by atoms with Crippen LogP contribution in [-0.2, 0) is 4.74 Å². The van der Waals surface area contributed by atoms with E-state index in [0.717, 1.165) is 54.0 Å². The molecule has 0 saturated carbocycles. The number of hydrogen-bond donors (Lipinski definition) is 0. The Hall–Kier alpha value is -3.28. The molecule has 2 saturated heterocycles. The number of fused-ring (bicyclic) bond motifs is 1. The van der Waals surface area contributed by atoms with E-state index >= 15 is 0 Å². The number of carbonyl (C=O) groups is 3. The zero-order chi connectivity index (χ0) is 28.4. The number of piperidine rings is 1. The number of methoxy groups -OCH3 is 2. The van der Waals surface area contributed by atoms with E-state index in [1.54, 1.807) is 49.4 Å². The highest BCUT2D eigenvalue weighted by Gasteiger charge is 2.44. The molecule has 0 radical (unpaired) electrons. The van der Waals surface area contributed by atoms with Crippen LogP contribution in [0.15, 0.2) is 42.5 Å². The van der Waals surface area contributed by atoms with Gasteiger partial charge in [-0.15, -0.1) is 0 Å². The third-order valence-corrected chi connectivity index (χ3v) is 9.01. The van der Waals surface area contributed by atoms with E-state index < -0.39 is 6.09 Å². The Balaban J connectivity index is 1.36. The lowest BCUT2D eigenvalue weighted by molar-refractivity contribution is -0.0244. The average Bonchev–Trinajstić information content (AvgIpc) is 2.97. The maximum Gasteiger partial charge on any atom is 0.432 e. The topological polar surface area (TPSA) is 91.9 Å². The molecule has 2 atom stereocenters. The van der Waals surface area contributed by atoms with E-state index in [2.05, 4.69) is 4.90 Å². The van der Waals surface area contributed by atoms with Crippen LogP contribution in [0.5, 0.6) is 11.5 Å². The van der Waals surface area contributed by atoms with Crippen molar-refractivity contribution >= 4 is 34.7 Å². The van der Waals surface area contributed by atoms with Gasteiger partial charge >= 0.3 is 11.3 Å². The van der Waals surface area contributed by atoms with Gasteiger partial charge in [-0.2, -0.15) is 5.01 Å². The molecule has 5 rings (SSSR count). The highest BCUT2D eigenvalue weighted by Crippen LogP contribution is 2.42. The van der Waals surface area contributed by atoms with Crippen LogP contribution in [0.3, 0.4) is 0 Å². The smallest absolute Gasteiger partial charge is 0.432 e. The van der Waals surface area contributed by atoms with Crippen molar-refractivity contribution in [2.75, 3.05) is 58.6 Å². The zero-order valence-electron chi connectivity index (χ0n) is 23.4. The molecule has 0 aliphatic carbocycles. The van der Waals surface area contributed by atoms with Crippen molar-refractivity contribution in [1.82, 2.24) is 14.9 Å². The van der Waals surface area contributed by atoms with Gasteiger partial charge in [-0.3, -0.25) is 9.59 Å². The van der Waals surface area contributed by atoms with Crippen LogP contribution < -0.4 is 14.4 Å². The fourth-order valence-electron chi connectivity index (χ4n) is 5.80. The van der Waals surface area contributed by atoms with Gasteiger partial charge in [-0.1, -0.05) is 30.0 Å². The number of thioether (sulfide) groups is 1. The predicted molar refractivity (Wildman–Crippen MR) is 153 cm³/mol. The number of hydrogen-bond acceptors (Lipinski definition) is 9. The lowest BCUT2D eigenvalue weighted by Gasteiger charge is -2.45. The normalized spacial score (nSPS) is 22.6. The van der Waals surface area contributed by atoms with E-state index in [0.29, 0.717) is 35.8 Å². The third kappa shape index (κ3) is 5.50. The summed E-state index contributed by atoms with van der Waals surface area (Å²) in [6.45, 7) is 2.21. The lowest BCUT2D eigenvalue weighted by atomic mass is 9.84. The maximum absolute atomic E-state index is 13.7. The molecule has 0 spiro atoms. The van der Waals surface area contributed by atoms with Crippen LogP contribution in [0.25, 0.3) is 0 Å². The number of para-hydroxylation sites is 1. The van der Waals surface area contributed by atoms with Gasteiger partial charge in [0.25, 0.3) is 5.91 Å². The lowest BCUT2D eigenvalue weighted by Crippen LogP contribution is -2.58. The molecule has 2 unspecified atom stereocenters. The SMILES string of the molecule is COc1ccc(C(=O)N2CCC(C3CSC(=O)N(C(=O)OC4CCN(C)CC4)N3C)c3ccccc32)cc1OC. The highest BCUT2D eigenvalue weighted by molar-refractivity contribution is 8.13. The number of likely N-dealkylation sites (tertiary alicyclic amines) is 1. The van der Waals surface area contributed by atoms with E-state index in [1.165, 1.54) is 0 Å². The Labute approximate surface area is 239 Å². The molecule has 3 aliphatic rings. The summed E-state index contributed by atoms with van der Waals surface area (Å²) in [6, 6.07) is 12.9. The van der Waals surface area contributed by atoms with Crippen LogP contribution in [0.4, 0.5) is 15.3 Å². The van der Waals surface area contributed by atoms with E-state index in [4.69, 9.17) is 14.2 Å². The molecule has 0 bridgehead atoms. The molecule has 2 aromatic rings. The molecule has 2 fully saturated rings. The second-order valence-corrected chi connectivity index (χ2v) is 11.4. The summed E-state index contributed by atoms with van der Waals surface area (Å²) < 4.78 is 16.5. The summed E-state index contributed by atoms with van der Waals surface area (Å²) in [5.74, 6) is 1.47. The first kappa shape index (κ1) is 28.3. The molecule has 214 valence electrons. The zero-order valence-corrected chi connectivity index (χ0v) is 24.2. The Morgan fingerprint density at radius 1 is 0.925 bits per heavy atom. The number of rotatable bonds is 5. The molecular formula is C29H36N4O6S. The second kappa shape index (κ2) is 12.1. The standard InChI is InChI=1S/C29H36N4O6S/c1-30-14-11-20(12-15-30)39-28(35)33-29(36)40-18-24(31(33)2)22-13-16-32(23-8-6-5-7-21(22)23)27(34)19-9-10-25(37-3)26(17-19)38-4/h5-10,17,20,22,24H,11-16,18H2,1-4H3. The fourth-order valence-corrected chi connectivity index (χ4v) is 6.89. The van der Waals surface area contributed by atoms with Crippen LogP contribution >= 0.6 is 11.8 Å². The molecule has 3 aliphatic heterocycles. The largest absolute Gasteiger partial charge is 0.493 e. The van der Waals surface area contributed by atoms with Gasteiger partial charge < -0.3 is 24.0 Å². The number of nitrogens with zero attached hydrogens (tertiary/aromatic N) is 4. The van der Waals surface area contributed by atoms with Crippen LogP contribution in [-0.4, -0.2) is 98.0 Å². The van der Waals surface area contributed by atoms with Gasteiger partial charge in [0.05, 0.1) is 14.2 Å². The first-order chi connectivity index (χ1) is 19.3. The van der Waals surface area contributed by atoms with Gasteiger partial charge in [0, 0.05) is 55.6 Å². The van der Waals surface area contributed by atoms with Crippen molar-refractivity contribution < 1.29 is 28.6 Å². The van der Waals surface area contributed by atoms with Crippen LogP contribution in [0.1, 0.15) is 41.1 Å². The number of benzene rings is 2. The molecule has 0 N–H and O–H groups in total. The Kier molecular flexibility index (Phi) is 8.53. The molecule has 2 aromatic carbocycles.